The second-order valence-electron chi connectivity index (χ2n) is 7.29. The van der Waals surface area contributed by atoms with E-state index >= 15 is 0 Å². The number of carbonyl (C=O) groups is 5. The van der Waals surface area contributed by atoms with Crippen molar-refractivity contribution in [1.82, 2.24) is 0 Å². The normalized spacial score (nSPS) is 22.9. The monoisotopic (exact) mass is 513 g/mol. The van der Waals surface area contributed by atoms with Crippen molar-refractivity contribution in [2.75, 3.05) is 6.61 Å². The minimum atomic E-state index is -1.78. The van der Waals surface area contributed by atoms with Gasteiger partial charge in [0.25, 0.3) is 5.69 Å². The van der Waals surface area contributed by atoms with E-state index in [4.69, 9.17) is 33.2 Å². The number of nitrogens with zero attached hydrogens (tertiary/aromatic N) is 1. The molecule has 196 valence electrons. The lowest BCUT2D eigenvalue weighted by molar-refractivity contribution is -0.384. The van der Waals surface area contributed by atoms with Crippen LogP contribution < -0.4 is 4.74 Å². The Morgan fingerprint density at radius 3 is 1.83 bits per heavy atom. The summed E-state index contributed by atoms with van der Waals surface area (Å²) < 4.78 is 36.1. The van der Waals surface area contributed by atoms with Gasteiger partial charge in [-0.3, -0.25) is 29.3 Å². The summed E-state index contributed by atoms with van der Waals surface area (Å²) in [5, 5.41) is 10.8. The summed E-state index contributed by atoms with van der Waals surface area (Å²) in [5.74, 6) is -3.43. The first kappa shape index (κ1) is 28.0. The molecular weight excluding hydrogens is 490 g/mol. The Morgan fingerprint density at radius 2 is 1.33 bits per heavy atom. The summed E-state index contributed by atoms with van der Waals surface area (Å²) in [6.45, 7) is 3.69. The zero-order chi connectivity index (χ0) is 27.0. The van der Waals surface area contributed by atoms with Gasteiger partial charge in [0, 0.05) is 39.8 Å². The van der Waals surface area contributed by atoms with E-state index < -0.39 is 72.3 Å². The van der Waals surface area contributed by atoms with Gasteiger partial charge in [-0.25, -0.2) is 4.79 Å². The molecule has 15 heteroatoms. The Balaban J connectivity index is 2.33. The molecule has 15 nitrogen and oxygen atoms in total. The van der Waals surface area contributed by atoms with E-state index in [-0.39, 0.29) is 11.4 Å². The van der Waals surface area contributed by atoms with E-state index in [2.05, 4.69) is 0 Å². The SMILES string of the molecule is CC(=O)OC[C@H]1O[C@H](OC(=O)Oc2ccc([N+](=O)[O-])cc2)[C@H](OC(C)=O)[C@@H](OC(C)=O)[C@@H]1OC(C)=O. The van der Waals surface area contributed by atoms with E-state index in [1.807, 2.05) is 0 Å². The zero-order valence-corrected chi connectivity index (χ0v) is 19.6. The van der Waals surface area contributed by atoms with Crippen molar-refractivity contribution in [2.45, 2.75) is 58.4 Å². The number of nitro groups is 1. The number of ether oxygens (including phenoxy) is 7. The Labute approximate surface area is 203 Å². The van der Waals surface area contributed by atoms with Crippen molar-refractivity contribution in [3.8, 4) is 5.75 Å². The number of esters is 4. The molecule has 0 aromatic heterocycles. The Bertz CT molecular complexity index is 1010. The summed E-state index contributed by atoms with van der Waals surface area (Å²) in [7, 11) is 0. The van der Waals surface area contributed by atoms with Crippen molar-refractivity contribution >= 4 is 35.7 Å². The molecule has 0 amide bonds. The molecule has 1 heterocycles. The van der Waals surface area contributed by atoms with Crippen LogP contribution in [-0.4, -0.2) is 72.3 Å². The first-order chi connectivity index (χ1) is 16.9. The van der Waals surface area contributed by atoms with E-state index in [0.29, 0.717) is 0 Å². The third kappa shape index (κ3) is 8.19. The summed E-state index contributed by atoms with van der Waals surface area (Å²) in [6.07, 6.45) is -9.09. The molecule has 1 saturated heterocycles. The topological polar surface area (TPSA) is 193 Å². The van der Waals surface area contributed by atoms with Crippen LogP contribution in [0, 0.1) is 10.1 Å². The number of hydrogen-bond donors (Lipinski definition) is 0. The maximum atomic E-state index is 12.4. The van der Waals surface area contributed by atoms with Crippen molar-refractivity contribution in [3.63, 3.8) is 0 Å². The van der Waals surface area contributed by atoms with Gasteiger partial charge in [-0.05, 0) is 12.1 Å². The Hall–Kier alpha value is -4.27. The molecule has 36 heavy (non-hydrogen) atoms. The van der Waals surface area contributed by atoms with Crippen molar-refractivity contribution < 1.29 is 62.1 Å². The number of hydrogen-bond acceptors (Lipinski definition) is 14. The molecular formula is C21H23NO14. The lowest BCUT2D eigenvalue weighted by atomic mass is 9.98. The predicted molar refractivity (Wildman–Crippen MR) is 112 cm³/mol. The number of rotatable bonds is 8. The molecule has 5 atom stereocenters. The van der Waals surface area contributed by atoms with Crippen LogP contribution in [-0.2, 0) is 47.6 Å². The third-order valence-corrected chi connectivity index (χ3v) is 4.41. The number of benzene rings is 1. The number of nitro benzene ring substituents is 1. The Morgan fingerprint density at radius 1 is 0.806 bits per heavy atom. The van der Waals surface area contributed by atoms with Crippen LogP contribution in [0.3, 0.4) is 0 Å². The van der Waals surface area contributed by atoms with E-state index in [1.165, 1.54) is 0 Å². The van der Waals surface area contributed by atoms with Crippen molar-refractivity contribution in [1.29, 1.82) is 0 Å². The second kappa shape index (κ2) is 12.4. The first-order valence-corrected chi connectivity index (χ1v) is 10.3. The molecule has 1 aromatic rings. The average molecular weight is 513 g/mol. The molecule has 0 N–H and O–H groups in total. The maximum absolute atomic E-state index is 12.4. The van der Waals surface area contributed by atoms with E-state index in [1.54, 1.807) is 0 Å². The highest BCUT2D eigenvalue weighted by Crippen LogP contribution is 2.30. The summed E-state index contributed by atoms with van der Waals surface area (Å²) in [6, 6.07) is 4.42. The first-order valence-electron chi connectivity index (χ1n) is 10.3. The molecule has 1 aliphatic heterocycles. The van der Waals surface area contributed by atoms with Gasteiger partial charge in [-0.15, -0.1) is 0 Å². The van der Waals surface area contributed by atoms with Crippen LogP contribution in [0.4, 0.5) is 10.5 Å². The van der Waals surface area contributed by atoms with Crippen LogP contribution in [0.1, 0.15) is 27.7 Å². The molecule has 0 saturated carbocycles. The molecule has 1 aromatic carbocycles. The largest absolute Gasteiger partial charge is 0.516 e. The molecule has 0 bridgehead atoms. The fourth-order valence-electron chi connectivity index (χ4n) is 3.13. The fourth-order valence-corrected chi connectivity index (χ4v) is 3.13. The van der Waals surface area contributed by atoms with Crippen molar-refractivity contribution in [2.24, 2.45) is 0 Å². The molecule has 1 fully saturated rings. The second-order valence-corrected chi connectivity index (χ2v) is 7.29. The number of carbonyl (C=O) groups excluding carboxylic acids is 5. The smallest absolute Gasteiger partial charge is 0.463 e. The minimum Gasteiger partial charge on any atom is -0.463 e. The van der Waals surface area contributed by atoms with Gasteiger partial charge < -0.3 is 33.2 Å². The van der Waals surface area contributed by atoms with Gasteiger partial charge in [0.15, 0.2) is 12.2 Å². The lowest BCUT2D eigenvalue weighted by Gasteiger charge is -2.43. The van der Waals surface area contributed by atoms with Crippen molar-refractivity contribution in [3.05, 3.63) is 34.4 Å². The zero-order valence-electron chi connectivity index (χ0n) is 19.6. The molecule has 0 aliphatic carbocycles. The summed E-state index contributed by atoms with van der Waals surface area (Å²) >= 11 is 0. The molecule has 1 aliphatic rings. The van der Waals surface area contributed by atoms with Crippen LogP contribution >= 0.6 is 0 Å². The lowest BCUT2D eigenvalue weighted by Crippen LogP contribution is -2.63. The Kier molecular flexibility index (Phi) is 9.66. The highest BCUT2D eigenvalue weighted by Gasteiger charge is 2.54. The summed E-state index contributed by atoms with van der Waals surface area (Å²) in [5.41, 5.74) is -0.254. The molecule has 0 radical (unpaired) electrons. The van der Waals surface area contributed by atoms with Gasteiger partial charge in [0.1, 0.15) is 18.5 Å². The van der Waals surface area contributed by atoms with Crippen LogP contribution in [0.25, 0.3) is 0 Å². The number of non-ortho nitro benzene ring substituents is 1. The molecule has 0 unspecified atom stereocenters. The van der Waals surface area contributed by atoms with Gasteiger partial charge in [0.05, 0.1) is 4.92 Å². The highest BCUT2D eigenvalue weighted by molar-refractivity contribution is 5.69. The fraction of sp³-hybridized carbons (Fsp3) is 0.476. The molecule has 2 rings (SSSR count). The summed E-state index contributed by atoms with van der Waals surface area (Å²) in [4.78, 5) is 69.1. The van der Waals surface area contributed by atoms with Gasteiger partial charge >= 0.3 is 30.0 Å². The van der Waals surface area contributed by atoms with Crippen LogP contribution in [0.5, 0.6) is 5.75 Å². The van der Waals surface area contributed by atoms with E-state index in [9.17, 15) is 34.1 Å². The minimum absolute atomic E-state index is 0.128. The maximum Gasteiger partial charge on any atom is 0.516 e. The van der Waals surface area contributed by atoms with Crippen LogP contribution in [0.15, 0.2) is 24.3 Å². The standard InChI is InChI=1S/C21H23NO14/c1-10(23)30-9-16-17(31-11(2)24)18(32-12(3)25)19(33-13(4)26)20(35-16)36-21(27)34-15-7-5-14(6-8-15)22(28)29/h5-8,16-20H,9H2,1-4H3/t16-,17-,18+,19-,20-/m1/s1. The quantitative estimate of drug-likeness (QED) is 0.158. The highest BCUT2D eigenvalue weighted by atomic mass is 16.8. The van der Waals surface area contributed by atoms with Crippen LogP contribution in [0.2, 0.25) is 0 Å². The van der Waals surface area contributed by atoms with Gasteiger partial charge in [-0.1, -0.05) is 0 Å². The van der Waals surface area contributed by atoms with Gasteiger partial charge in [0.2, 0.25) is 12.4 Å². The van der Waals surface area contributed by atoms with E-state index in [0.717, 1.165) is 52.0 Å². The van der Waals surface area contributed by atoms with Gasteiger partial charge in [-0.2, -0.15) is 0 Å². The predicted octanol–water partition coefficient (Wildman–Crippen LogP) is 1.19. The average Bonchev–Trinajstić information content (AvgIpc) is 2.76. The molecule has 0 spiro atoms. The third-order valence-electron chi connectivity index (χ3n) is 4.41.